The van der Waals surface area contributed by atoms with E-state index in [-0.39, 0.29) is 17.8 Å². The van der Waals surface area contributed by atoms with E-state index in [1.807, 2.05) is 29.2 Å². The van der Waals surface area contributed by atoms with Crippen LogP contribution >= 0.6 is 0 Å². The zero-order chi connectivity index (χ0) is 23.2. The highest BCUT2D eigenvalue weighted by molar-refractivity contribution is 5.76. The van der Waals surface area contributed by atoms with Crippen molar-refractivity contribution in [3.8, 4) is 17.2 Å². The summed E-state index contributed by atoms with van der Waals surface area (Å²) in [5.74, 6) is 2.02. The number of aryl methyl sites for hydroxylation is 2. The Hall–Kier alpha value is -3.61. The molecule has 4 rings (SSSR count). The van der Waals surface area contributed by atoms with Gasteiger partial charge in [-0.2, -0.15) is 0 Å². The topological polar surface area (TPSA) is 69.0 Å². The highest BCUT2D eigenvalue weighted by Gasteiger charge is 2.24. The quantitative estimate of drug-likeness (QED) is 0.512. The molecule has 1 aliphatic rings. The number of likely N-dealkylation sites (tertiary alicyclic amines) is 1. The second kappa shape index (κ2) is 10.3. The Morgan fingerprint density at radius 1 is 1.03 bits per heavy atom. The number of ether oxygens (including phenoxy) is 2. The minimum Gasteiger partial charge on any atom is -0.490 e. The van der Waals surface area contributed by atoms with Gasteiger partial charge in [0, 0.05) is 38.4 Å². The van der Waals surface area contributed by atoms with Crippen LogP contribution in [0.1, 0.15) is 30.6 Å². The number of carbonyl (C=O) groups excluding carboxylic acids is 1. The second-order valence-electron chi connectivity index (χ2n) is 8.12. The van der Waals surface area contributed by atoms with Crippen molar-refractivity contribution in [2.45, 2.75) is 38.7 Å². The van der Waals surface area contributed by atoms with Gasteiger partial charge < -0.3 is 18.8 Å². The maximum Gasteiger partial charge on any atom is 0.339 e. The van der Waals surface area contributed by atoms with Crippen molar-refractivity contribution in [3.63, 3.8) is 0 Å². The number of benzene rings is 2. The molecule has 0 bridgehead atoms. The summed E-state index contributed by atoms with van der Waals surface area (Å²) in [5, 5.41) is 0. The molecule has 0 aliphatic carbocycles. The number of carbonyl (C=O) groups is 1. The molecule has 0 atom stereocenters. The van der Waals surface area contributed by atoms with Crippen molar-refractivity contribution in [2.75, 3.05) is 13.1 Å². The van der Waals surface area contributed by atoms with Gasteiger partial charge >= 0.3 is 5.63 Å². The molecular formula is C26H26FNO5. The molecule has 6 nitrogen and oxygen atoms in total. The first-order chi connectivity index (χ1) is 15.9. The van der Waals surface area contributed by atoms with E-state index in [1.165, 1.54) is 18.2 Å². The number of rotatable bonds is 7. The molecule has 172 valence electrons. The molecule has 1 saturated heterocycles. The highest BCUT2D eigenvalue weighted by Crippen LogP contribution is 2.24. The molecule has 7 heteroatoms. The van der Waals surface area contributed by atoms with Gasteiger partial charge in [0.05, 0.1) is 6.07 Å². The van der Waals surface area contributed by atoms with E-state index in [1.54, 1.807) is 25.1 Å². The molecule has 33 heavy (non-hydrogen) atoms. The van der Waals surface area contributed by atoms with Gasteiger partial charge in [-0.3, -0.25) is 4.79 Å². The molecule has 0 unspecified atom stereocenters. The van der Waals surface area contributed by atoms with Crippen LogP contribution < -0.4 is 15.1 Å². The molecule has 0 radical (unpaired) electrons. The minimum absolute atomic E-state index is 0.0319. The highest BCUT2D eigenvalue weighted by atomic mass is 19.1. The smallest absolute Gasteiger partial charge is 0.339 e. The Morgan fingerprint density at radius 3 is 2.52 bits per heavy atom. The summed E-state index contributed by atoms with van der Waals surface area (Å²) in [7, 11) is 0. The third-order valence-corrected chi connectivity index (χ3v) is 5.54. The van der Waals surface area contributed by atoms with Crippen molar-refractivity contribution in [2.24, 2.45) is 0 Å². The van der Waals surface area contributed by atoms with Crippen LogP contribution in [0.5, 0.6) is 17.2 Å². The lowest BCUT2D eigenvalue weighted by Crippen LogP contribution is -2.41. The first-order valence-corrected chi connectivity index (χ1v) is 11.0. The lowest BCUT2D eigenvalue weighted by Gasteiger charge is -2.32. The normalized spacial score (nSPS) is 14.2. The Bertz CT molecular complexity index is 1150. The van der Waals surface area contributed by atoms with Gasteiger partial charge in [-0.25, -0.2) is 9.18 Å². The standard InChI is InChI=1S/C26H26FNO5/c1-18-15-24(17-26(30)31-18)33-22-11-13-28(14-12-22)25(29)10-5-19-3-2-4-23(16-19)32-21-8-6-20(27)7-9-21/h2-4,6-9,15-17,22H,5,10-14H2,1H3. The molecule has 2 aromatic carbocycles. The molecule has 1 amide bonds. The van der Waals surface area contributed by atoms with E-state index >= 15 is 0 Å². The summed E-state index contributed by atoms with van der Waals surface area (Å²) >= 11 is 0. The average molecular weight is 451 g/mol. The Morgan fingerprint density at radius 2 is 1.79 bits per heavy atom. The van der Waals surface area contributed by atoms with Crippen LogP contribution in [-0.2, 0) is 11.2 Å². The predicted molar refractivity (Wildman–Crippen MR) is 121 cm³/mol. The monoisotopic (exact) mass is 451 g/mol. The molecule has 1 fully saturated rings. The molecule has 2 heterocycles. The largest absolute Gasteiger partial charge is 0.490 e. The van der Waals surface area contributed by atoms with Crippen molar-refractivity contribution in [1.82, 2.24) is 4.90 Å². The van der Waals surface area contributed by atoms with Gasteiger partial charge in [0.15, 0.2) is 0 Å². The Balaban J connectivity index is 1.25. The van der Waals surface area contributed by atoms with Crippen LogP contribution in [0.15, 0.2) is 69.9 Å². The fraction of sp³-hybridized carbons (Fsp3) is 0.308. The number of hydrogen-bond acceptors (Lipinski definition) is 5. The van der Waals surface area contributed by atoms with Gasteiger partial charge in [0.25, 0.3) is 0 Å². The van der Waals surface area contributed by atoms with E-state index < -0.39 is 5.63 Å². The lowest BCUT2D eigenvalue weighted by molar-refractivity contribution is -0.132. The summed E-state index contributed by atoms with van der Waals surface area (Å²) in [6, 6.07) is 16.5. The van der Waals surface area contributed by atoms with Crippen molar-refractivity contribution in [3.05, 3.63) is 88.2 Å². The summed E-state index contributed by atoms with van der Waals surface area (Å²) in [6.07, 6.45) is 2.41. The van der Waals surface area contributed by atoms with Crippen molar-refractivity contribution < 1.29 is 23.1 Å². The van der Waals surface area contributed by atoms with Gasteiger partial charge in [-0.1, -0.05) is 12.1 Å². The van der Waals surface area contributed by atoms with Crippen LogP contribution in [0, 0.1) is 12.7 Å². The first kappa shape index (κ1) is 22.6. The first-order valence-electron chi connectivity index (χ1n) is 11.0. The van der Waals surface area contributed by atoms with Crippen LogP contribution in [0.25, 0.3) is 0 Å². The number of piperidine rings is 1. The summed E-state index contributed by atoms with van der Waals surface area (Å²) in [4.78, 5) is 26.0. The molecule has 0 N–H and O–H groups in total. The van der Waals surface area contributed by atoms with Crippen LogP contribution in [-0.4, -0.2) is 30.0 Å². The van der Waals surface area contributed by atoms with E-state index in [2.05, 4.69) is 0 Å². The fourth-order valence-corrected chi connectivity index (χ4v) is 3.87. The van der Waals surface area contributed by atoms with Crippen molar-refractivity contribution >= 4 is 5.91 Å². The fourth-order valence-electron chi connectivity index (χ4n) is 3.87. The SMILES string of the molecule is Cc1cc(OC2CCN(C(=O)CCc3cccc(Oc4ccc(F)cc4)c3)CC2)cc(=O)o1. The minimum atomic E-state index is -0.426. The van der Waals surface area contributed by atoms with E-state index in [4.69, 9.17) is 13.9 Å². The Kier molecular flexibility index (Phi) is 7.07. The number of nitrogens with zero attached hydrogens (tertiary/aromatic N) is 1. The van der Waals surface area contributed by atoms with Crippen LogP contribution in [0.4, 0.5) is 4.39 Å². The molecule has 0 spiro atoms. The Labute approximate surface area is 191 Å². The molecule has 1 aliphatic heterocycles. The maximum atomic E-state index is 13.1. The summed E-state index contributed by atoms with van der Waals surface area (Å²) in [5.41, 5.74) is 0.573. The van der Waals surface area contributed by atoms with Crippen LogP contribution in [0.2, 0.25) is 0 Å². The van der Waals surface area contributed by atoms with E-state index in [0.717, 1.165) is 5.56 Å². The number of halogens is 1. The van der Waals surface area contributed by atoms with E-state index in [0.29, 0.717) is 61.8 Å². The summed E-state index contributed by atoms with van der Waals surface area (Å²) < 4.78 is 29.7. The summed E-state index contributed by atoms with van der Waals surface area (Å²) in [6.45, 7) is 2.95. The third-order valence-electron chi connectivity index (χ3n) is 5.54. The third kappa shape index (κ3) is 6.44. The molecule has 0 saturated carbocycles. The second-order valence-corrected chi connectivity index (χ2v) is 8.12. The average Bonchev–Trinajstić information content (AvgIpc) is 2.79. The van der Waals surface area contributed by atoms with Gasteiger partial charge in [-0.05, 0) is 55.3 Å². The lowest BCUT2D eigenvalue weighted by atomic mass is 10.1. The van der Waals surface area contributed by atoms with Gasteiger partial charge in [0.1, 0.15) is 34.9 Å². The molecule has 3 aromatic rings. The number of hydrogen-bond donors (Lipinski definition) is 0. The van der Waals surface area contributed by atoms with Crippen molar-refractivity contribution in [1.29, 1.82) is 0 Å². The molecule has 1 aromatic heterocycles. The van der Waals surface area contributed by atoms with E-state index in [9.17, 15) is 14.0 Å². The predicted octanol–water partition coefficient (Wildman–Crippen LogP) is 4.88. The van der Waals surface area contributed by atoms with Gasteiger partial charge in [0.2, 0.25) is 5.91 Å². The zero-order valence-electron chi connectivity index (χ0n) is 18.5. The van der Waals surface area contributed by atoms with Crippen LogP contribution in [0.3, 0.4) is 0 Å². The van der Waals surface area contributed by atoms with Gasteiger partial charge in [-0.15, -0.1) is 0 Å². The maximum absolute atomic E-state index is 13.1. The zero-order valence-corrected chi connectivity index (χ0v) is 18.5. The molecular weight excluding hydrogens is 425 g/mol. The number of amides is 1.